The Labute approximate surface area is 167 Å². The number of aromatic nitrogens is 2. The third-order valence-corrected chi connectivity index (χ3v) is 6.13. The fraction of sp³-hybridized carbons (Fsp3) is 0.381. The molecule has 28 heavy (non-hydrogen) atoms. The van der Waals surface area contributed by atoms with Gasteiger partial charge >= 0.3 is 0 Å². The van der Waals surface area contributed by atoms with Crippen LogP contribution in [0.15, 0.2) is 34.7 Å². The van der Waals surface area contributed by atoms with Gasteiger partial charge in [-0.2, -0.15) is 0 Å². The summed E-state index contributed by atoms with van der Waals surface area (Å²) in [4.78, 5) is 30.4. The molecule has 0 radical (unpaired) electrons. The Bertz CT molecular complexity index is 1080. The average Bonchev–Trinajstić information content (AvgIpc) is 3.34. The molecule has 2 aromatic heterocycles. The number of carbonyl (C=O) groups is 1. The zero-order valence-corrected chi connectivity index (χ0v) is 16.8. The number of ether oxygens (including phenoxy) is 1. The van der Waals surface area contributed by atoms with Crippen molar-refractivity contribution in [3.63, 3.8) is 0 Å². The van der Waals surface area contributed by atoms with Gasteiger partial charge in [-0.3, -0.25) is 14.2 Å². The summed E-state index contributed by atoms with van der Waals surface area (Å²) in [5, 5.41) is 5.39. The van der Waals surface area contributed by atoms with Crippen molar-refractivity contribution in [3.05, 3.63) is 51.4 Å². The Morgan fingerprint density at radius 2 is 2.21 bits per heavy atom. The summed E-state index contributed by atoms with van der Waals surface area (Å²) in [6.07, 6.45) is 3.52. The number of aryl methyl sites for hydroxylation is 2. The molecular weight excluding hydrogens is 374 g/mol. The molecule has 1 aliphatic rings. The molecular formula is C21H23N3O3S. The standard InChI is InChI=1S/C21H23N3O3S/c1-13-5-6-15(8-14(13)2)17-11-28-20-19(17)21(26)24(12-23-20)10-18(25)22-9-16-4-3-7-27-16/h5-6,8,11-12,16H,3-4,7,9-10H2,1-2H3,(H,22,25)/t16-/m1/s1. The molecule has 0 aliphatic carbocycles. The van der Waals surface area contributed by atoms with E-state index in [1.54, 1.807) is 0 Å². The minimum atomic E-state index is -0.207. The summed E-state index contributed by atoms with van der Waals surface area (Å²) in [7, 11) is 0. The normalized spacial score (nSPS) is 16.6. The van der Waals surface area contributed by atoms with Crippen molar-refractivity contribution in [2.75, 3.05) is 13.2 Å². The van der Waals surface area contributed by atoms with E-state index in [9.17, 15) is 9.59 Å². The zero-order valence-electron chi connectivity index (χ0n) is 16.0. The predicted octanol–water partition coefficient (Wildman–Crippen LogP) is 3.04. The molecule has 6 nitrogen and oxygen atoms in total. The molecule has 7 heteroatoms. The van der Waals surface area contributed by atoms with Gasteiger partial charge in [-0.1, -0.05) is 18.2 Å². The first-order chi connectivity index (χ1) is 13.5. The number of nitrogens with zero attached hydrogens (tertiary/aromatic N) is 2. The first-order valence-electron chi connectivity index (χ1n) is 9.45. The number of benzene rings is 1. The third kappa shape index (κ3) is 3.72. The number of hydrogen-bond acceptors (Lipinski definition) is 5. The number of nitrogens with one attached hydrogen (secondary N) is 1. The van der Waals surface area contributed by atoms with Crippen LogP contribution in [0.1, 0.15) is 24.0 Å². The molecule has 1 atom stereocenters. The van der Waals surface area contributed by atoms with E-state index in [2.05, 4.69) is 36.3 Å². The molecule has 1 aliphatic heterocycles. The molecule has 4 rings (SSSR count). The van der Waals surface area contributed by atoms with Crippen LogP contribution < -0.4 is 10.9 Å². The van der Waals surface area contributed by atoms with Crippen molar-refractivity contribution in [2.45, 2.75) is 39.3 Å². The van der Waals surface area contributed by atoms with Crippen LogP contribution >= 0.6 is 11.3 Å². The van der Waals surface area contributed by atoms with Gasteiger partial charge in [0.1, 0.15) is 11.4 Å². The summed E-state index contributed by atoms with van der Waals surface area (Å²) in [5.74, 6) is -0.207. The fourth-order valence-corrected chi connectivity index (χ4v) is 4.35. The second-order valence-corrected chi connectivity index (χ2v) is 8.10. The van der Waals surface area contributed by atoms with Gasteiger partial charge in [0.05, 0.1) is 17.8 Å². The van der Waals surface area contributed by atoms with Crippen molar-refractivity contribution in [3.8, 4) is 11.1 Å². The molecule has 1 fully saturated rings. The van der Waals surface area contributed by atoms with Gasteiger partial charge in [0, 0.05) is 24.1 Å². The average molecular weight is 398 g/mol. The summed E-state index contributed by atoms with van der Waals surface area (Å²) in [6.45, 7) is 5.31. The number of rotatable bonds is 5. The number of thiophene rings is 1. The molecule has 0 bridgehead atoms. The minimum Gasteiger partial charge on any atom is -0.376 e. The first kappa shape index (κ1) is 18.8. The fourth-order valence-electron chi connectivity index (χ4n) is 3.45. The molecule has 0 saturated carbocycles. The second kappa shape index (κ2) is 7.85. The molecule has 3 heterocycles. The Balaban J connectivity index is 1.60. The Morgan fingerprint density at radius 3 is 2.96 bits per heavy atom. The van der Waals surface area contributed by atoms with Crippen LogP contribution in [0.5, 0.6) is 0 Å². The zero-order chi connectivity index (χ0) is 19.7. The smallest absolute Gasteiger partial charge is 0.263 e. The quantitative estimate of drug-likeness (QED) is 0.718. The first-order valence-corrected chi connectivity index (χ1v) is 10.3. The second-order valence-electron chi connectivity index (χ2n) is 7.25. The van der Waals surface area contributed by atoms with Crippen LogP contribution in [0.25, 0.3) is 21.3 Å². The van der Waals surface area contributed by atoms with Gasteiger partial charge in [-0.15, -0.1) is 11.3 Å². The summed E-state index contributed by atoms with van der Waals surface area (Å²) < 4.78 is 6.89. The number of hydrogen-bond donors (Lipinski definition) is 1. The summed E-state index contributed by atoms with van der Waals surface area (Å²) >= 11 is 1.45. The molecule has 146 valence electrons. The maximum Gasteiger partial charge on any atom is 0.263 e. The number of amides is 1. The molecule has 1 N–H and O–H groups in total. The lowest BCUT2D eigenvalue weighted by molar-refractivity contribution is -0.122. The number of fused-ring (bicyclic) bond motifs is 1. The molecule has 0 spiro atoms. The van der Waals surface area contributed by atoms with Gasteiger partial charge in [-0.25, -0.2) is 4.98 Å². The van der Waals surface area contributed by atoms with E-state index < -0.39 is 0 Å². The van der Waals surface area contributed by atoms with E-state index in [1.807, 2.05) is 11.4 Å². The van der Waals surface area contributed by atoms with Crippen LogP contribution in [0, 0.1) is 13.8 Å². The maximum atomic E-state index is 13.1. The SMILES string of the molecule is Cc1ccc(-c2csc3ncn(CC(=O)NC[C@H]4CCCO4)c(=O)c23)cc1C. The summed E-state index contributed by atoms with van der Waals surface area (Å²) in [5.41, 5.74) is 4.06. The Morgan fingerprint density at radius 1 is 1.36 bits per heavy atom. The Hall–Kier alpha value is -2.51. The van der Waals surface area contributed by atoms with E-state index in [0.717, 1.165) is 30.6 Å². The number of carbonyl (C=O) groups excluding carboxylic acids is 1. The highest BCUT2D eigenvalue weighted by Gasteiger charge is 2.18. The monoisotopic (exact) mass is 397 g/mol. The lowest BCUT2D eigenvalue weighted by Gasteiger charge is -2.11. The predicted molar refractivity (Wildman–Crippen MR) is 111 cm³/mol. The van der Waals surface area contributed by atoms with Gasteiger partial charge in [0.15, 0.2) is 0 Å². The van der Waals surface area contributed by atoms with Gasteiger partial charge in [0.2, 0.25) is 5.91 Å². The molecule has 0 unspecified atom stereocenters. The highest BCUT2D eigenvalue weighted by atomic mass is 32.1. The molecule has 1 amide bonds. The van der Waals surface area contributed by atoms with Crippen LogP contribution in [0.3, 0.4) is 0 Å². The highest BCUT2D eigenvalue weighted by molar-refractivity contribution is 7.17. The van der Waals surface area contributed by atoms with Gasteiger partial charge in [-0.05, 0) is 43.4 Å². The largest absolute Gasteiger partial charge is 0.376 e. The van der Waals surface area contributed by atoms with Gasteiger partial charge < -0.3 is 10.1 Å². The molecule has 3 aromatic rings. The Kier molecular flexibility index (Phi) is 5.28. The van der Waals surface area contributed by atoms with Crippen LogP contribution in [0.4, 0.5) is 0 Å². The highest BCUT2D eigenvalue weighted by Crippen LogP contribution is 2.31. The lowest BCUT2D eigenvalue weighted by Crippen LogP contribution is -2.36. The molecule has 1 saturated heterocycles. The van der Waals surface area contributed by atoms with Crippen LogP contribution in [-0.4, -0.2) is 34.7 Å². The summed E-state index contributed by atoms with van der Waals surface area (Å²) in [6, 6.07) is 6.17. The van der Waals surface area contributed by atoms with E-state index in [0.29, 0.717) is 16.8 Å². The van der Waals surface area contributed by atoms with Crippen molar-refractivity contribution in [1.82, 2.24) is 14.9 Å². The minimum absolute atomic E-state index is 0.0449. The van der Waals surface area contributed by atoms with Crippen molar-refractivity contribution in [2.24, 2.45) is 0 Å². The van der Waals surface area contributed by atoms with Crippen molar-refractivity contribution >= 4 is 27.5 Å². The van der Waals surface area contributed by atoms with E-state index >= 15 is 0 Å². The van der Waals surface area contributed by atoms with Crippen molar-refractivity contribution < 1.29 is 9.53 Å². The van der Waals surface area contributed by atoms with Crippen LogP contribution in [0.2, 0.25) is 0 Å². The van der Waals surface area contributed by atoms with Gasteiger partial charge in [0.25, 0.3) is 5.56 Å². The third-order valence-electron chi connectivity index (χ3n) is 5.24. The van der Waals surface area contributed by atoms with E-state index in [1.165, 1.54) is 33.4 Å². The maximum absolute atomic E-state index is 13.1. The van der Waals surface area contributed by atoms with Crippen molar-refractivity contribution in [1.29, 1.82) is 0 Å². The van der Waals surface area contributed by atoms with E-state index in [4.69, 9.17) is 4.74 Å². The van der Waals surface area contributed by atoms with E-state index in [-0.39, 0.29) is 24.1 Å². The lowest BCUT2D eigenvalue weighted by atomic mass is 10.0. The topological polar surface area (TPSA) is 73.2 Å². The van der Waals surface area contributed by atoms with Crippen LogP contribution in [-0.2, 0) is 16.1 Å². The molecule has 1 aromatic carbocycles.